The monoisotopic (exact) mass is 392 g/mol. The molecule has 2 aromatic heterocycles. The summed E-state index contributed by atoms with van der Waals surface area (Å²) >= 11 is 0. The fraction of sp³-hybridized carbons (Fsp3) is 0.409. The van der Waals surface area contributed by atoms with E-state index in [-0.39, 0.29) is 11.7 Å². The van der Waals surface area contributed by atoms with Gasteiger partial charge in [-0.15, -0.1) is 0 Å². The number of nitrogens with one attached hydrogen (secondary N) is 1. The van der Waals surface area contributed by atoms with Gasteiger partial charge >= 0.3 is 0 Å². The molecule has 1 fully saturated rings. The third-order valence-corrected chi connectivity index (χ3v) is 5.89. The van der Waals surface area contributed by atoms with Gasteiger partial charge in [0.15, 0.2) is 5.78 Å². The van der Waals surface area contributed by atoms with Crippen LogP contribution in [0.4, 0.5) is 0 Å². The molecule has 2 aliphatic rings. The summed E-state index contributed by atoms with van der Waals surface area (Å²) in [7, 11) is 0. The lowest BCUT2D eigenvalue weighted by molar-refractivity contribution is 0.0662. The Kier molecular flexibility index (Phi) is 4.67. The van der Waals surface area contributed by atoms with E-state index in [2.05, 4.69) is 10.4 Å². The molecule has 7 nitrogen and oxygen atoms in total. The number of ether oxygens (including phenoxy) is 1. The standard InChI is InChI=1S/C22H24N4O3/c27-21(10-15-13-24-26(14-15)18-4-8-29-9-5-18)17-3-2-16-11-20-22(28)23-6-1-7-25(20)19(16)12-17/h2-3,11-14,18H,1,4-10H2,(H,23,28). The molecule has 1 N–H and O–H groups in total. The van der Waals surface area contributed by atoms with Crippen LogP contribution in [0, 0.1) is 0 Å². The van der Waals surface area contributed by atoms with Gasteiger partial charge in [-0.2, -0.15) is 5.10 Å². The van der Waals surface area contributed by atoms with E-state index in [4.69, 9.17) is 4.74 Å². The van der Waals surface area contributed by atoms with Crippen molar-refractivity contribution in [2.75, 3.05) is 19.8 Å². The van der Waals surface area contributed by atoms with Crippen molar-refractivity contribution in [3.05, 3.63) is 53.5 Å². The highest BCUT2D eigenvalue weighted by atomic mass is 16.5. The predicted molar refractivity (Wildman–Crippen MR) is 108 cm³/mol. The van der Waals surface area contributed by atoms with Crippen LogP contribution in [0.15, 0.2) is 36.7 Å². The zero-order valence-electron chi connectivity index (χ0n) is 16.3. The Morgan fingerprint density at radius 1 is 1.24 bits per heavy atom. The number of benzene rings is 1. The maximum Gasteiger partial charge on any atom is 0.267 e. The maximum atomic E-state index is 12.9. The molecule has 2 aliphatic heterocycles. The van der Waals surface area contributed by atoms with Crippen molar-refractivity contribution < 1.29 is 14.3 Å². The zero-order chi connectivity index (χ0) is 19.8. The Morgan fingerprint density at radius 2 is 2.10 bits per heavy atom. The summed E-state index contributed by atoms with van der Waals surface area (Å²) in [5.41, 5.74) is 3.21. The third-order valence-electron chi connectivity index (χ3n) is 5.89. The van der Waals surface area contributed by atoms with Gasteiger partial charge in [0.2, 0.25) is 0 Å². The summed E-state index contributed by atoms with van der Waals surface area (Å²) in [6, 6.07) is 7.96. The van der Waals surface area contributed by atoms with Crippen LogP contribution in [0.2, 0.25) is 0 Å². The fourth-order valence-electron chi connectivity index (χ4n) is 4.29. The molecule has 0 atom stereocenters. The van der Waals surface area contributed by atoms with Crippen LogP contribution >= 0.6 is 0 Å². The van der Waals surface area contributed by atoms with E-state index < -0.39 is 0 Å². The number of carbonyl (C=O) groups excluding carboxylic acids is 2. The van der Waals surface area contributed by atoms with Crippen LogP contribution < -0.4 is 5.32 Å². The first kappa shape index (κ1) is 18.1. The van der Waals surface area contributed by atoms with Crippen LogP contribution in [0.3, 0.4) is 0 Å². The van der Waals surface area contributed by atoms with Gasteiger partial charge in [0, 0.05) is 55.4 Å². The average molecular weight is 392 g/mol. The van der Waals surface area contributed by atoms with Gasteiger partial charge in [-0.3, -0.25) is 14.3 Å². The lowest BCUT2D eigenvalue weighted by Gasteiger charge is -2.22. The van der Waals surface area contributed by atoms with E-state index in [1.54, 1.807) is 6.20 Å². The van der Waals surface area contributed by atoms with Crippen molar-refractivity contribution in [1.82, 2.24) is 19.7 Å². The number of aromatic nitrogens is 3. The first-order chi connectivity index (χ1) is 14.2. The molecule has 0 aliphatic carbocycles. The van der Waals surface area contributed by atoms with Gasteiger partial charge in [0.05, 0.1) is 12.2 Å². The van der Waals surface area contributed by atoms with Crippen LogP contribution in [0.25, 0.3) is 10.9 Å². The maximum absolute atomic E-state index is 12.9. The molecule has 0 unspecified atom stereocenters. The second-order valence-electron chi connectivity index (χ2n) is 7.84. The van der Waals surface area contributed by atoms with E-state index in [1.165, 1.54) is 0 Å². The molecule has 1 saturated heterocycles. The number of hydrogen-bond donors (Lipinski definition) is 1. The van der Waals surface area contributed by atoms with Crippen LogP contribution in [0.5, 0.6) is 0 Å². The summed E-state index contributed by atoms with van der Waals surface area (Å²) in [6.07, 6.45) is 6.89. The normalized spacial score (nSPS) is 17.7. The second kappa shape index (κ2) is 7.48. The summed E-state index contributed by atoms with van der Waals surface area (Å²) in [4.78, 5) is 25.2. The first-order valence-corrected chi connectivity index (χ1v) is 10.2. The number of amides is 1. The fourth-order valence-corrected chi connectivity index (χ4v) is 4.29. The van der Waals surface area contributed by atoms with Crippen LogP contribution in [-0.4, -0.2) is 45.8 Å². The topological polar surface area (TPSA) is 78.2 Å². The molecule has 4 heterocycles. The Hall–Kier alpha value is -2.93. The Labute approximate surface area is 168 Å². The SMILES string of the molecule is O=C(Cc1cnn(C2CCOCC2)c1)c1ccc2cc3n(c2c1)CCCNC3=O. The summed E-state index contributed by atoms with van der Waals surface area (Å²) < 4.78 is 9.41. The highest BCUT2D eigenvalue weighted by Crippen LogP contribution is 2.24. The first-order valence-electron chi connectivity index (χ1n) is 10.2. The highest BCUT2D eigenvalue weighted by Gasteiger charge is 2.20. The number of carbonyl (C=O) groups is 2. The molecule has 7 heteroatoms. The van der Waals surface area contributed by atoms with E-state index in [1.807, 2.05) is 39.7 Å². The summed E-state index contributed by atoms with van der Waals surface area (Å²) in [6.45, 7) is 2.97. The molecule has 0 radical (unpaired) electrons. The van der Waals surface area contributed by atoms with Crippen molar-refractivity contribution in [1.29, 1.82) is 0 Å². The predicted octanol–water partition coefficient (Wildman–Crippen LogP) is 2.75. The molecule has 0 saturated carbocycles. The Bertz CT molecular complexity index is 1080. The summed E-state index contributed by atoms with van der Waals surface area (Å²) in [5, 5.41) is 8.37. The Morgan fingerprint density at radius 3 is 2.97 bits per heavy atom. The van der Waals surface area contributed by atoms with Gasteiger partial charge < -0.3 is 14.6 Å². The van der Waals surface area contributed by atoms with Crippen LogP contribution in [0.1, 0.15) is 51.7 Å². The van der Waals surface area contributed by atoms with Gasteiger partial charge in [-0.1, -0.05) is 12.1 Å². The number of hydrogen-bond acceptors (Lipinski definition) is 4. The number of Topliss-reactive ketones (excluding diaryl/α,β-unsaturated/α-hetero) is 1. The largest absolute Gasteiger partial charge is 0.381 e. The number of aryl methyl sites for hydroxylation is 1. The van der Waals surface area contributed by atoms with E-state index in [9.17, 15) is 9.59 Å². The molecule has 150 valence electrons. The van der Waals surface area contributed by atoms with E-state index >= 15 is 0 Å². The molecule has 1 aromatic carbocycles. The average Bonchev–Trinajstić information content (AvgIpc) is 3.31. The van der Waals surface area contributed by atoms with E-state index in [0.717, 1.165) is 55.5 Å². The minimum absolute atomic E-state index is 0.0490. The number of nitrogens with zero attached hydrogens (tertiary/aromatic N) is 3. The molecular formula is C22H24N4O3. The smallest absolute Gasteiger partial charge is 0.267 e. The lowest BCUT2D eigenvalue weighted by atomic mass is 10.0. The third kappa shape index (κ3) is 3.46. The number of rotatable bonds is 4. The lowest BCUT2D eigenvalue weighted by Crippen LogP contribution is -2.22. The second-order valence-corrected chi connectivity index (χ2v) is 7.84. The van der Waals surface area contributed by atoms with Crippen molar-refractivity contribution >= 4 is 22.6 Å². The number of ketones is 1. The molecule has 1 amide bonds. The molecule has 0 spiro atoms. The summed E-state index contributed by atoms with van der Waals surface area (Å²) in [5.74, 6) is 0.0131. The molecule has 3 aromatic rings. The molecular weight excluding hydrogens is 368 g/mol. The zero-order valence-corrected chi connectivity index (χ0v) is 16.3. The Balaban J connectivity index is 1.38. The molecule has 0 bridgehead atoms. The molecule has 5 rings (SSSR count). The van der Waals surface area contributed by atoms with Crippen LogP contribution in [-0.2, 0) is 17.7 Å². The van der Waals surface area contributed by atoms with Crippen molar-refractivity contribution in [3.63, 3.8) is 0 Å². The minimum atomic E-state index is -0.0490. The van der Waals surface area contributed by atoms with Gasteiger partial charge in [-0.25, -0.2) is 0 Å². The van der Waals surface area contributed by atoms with Gasteiger partial charge in [0.1, 0.15) is 5.69 Å². The van der Waals surface area contributed by atoms with Crippen molar-refractivity contribution in [2.45, 2.75) is 38.3 Å². The van der Waals surface area contributed by atoms with Gasteiger partial charge in [0.25, 0.3) is 5.91 Å². The minimum Gasteiger partial charge on any atom is -0.381 e. The van der Waals surface area contributed by atoms with Gasteiger partial charge in [-0.05, 0) is 37.0 Å². The van der Waals surface area contributed by atoms with E-state index in [0.29, 0.717) is 30.3 Å². The quantitative estimate of drug-likeness (QED) is 0.693. The number of fused-ring (bicyclic) bond motifs is 3. The van der Waals surface area contributed by atoms with Crippen molar-refractivity contribution in [3.8, 4) is 0 Å². The van der Waals surface area contributed by atoms with Crippen molar-refractivity contribution in [2.24, 2.45) is 0 Å². The molecule has 29 heavy (non-hydrogen) atoms. The highest BCUT2D eigenvalue weighted by molar-refractivity contribution is 6.03.